The van der Waals surface area contributed by atoms with Gasteiger partial charge in [-0.1, -0.05) is 5.21 Å². The molecule has 84 valence electrons. The zero-order chi connectivity index (χ0) is 11.0. The van der Waals surface area contributed by atoms with Crippen LogP contribution in [0.2, 0.25) is 0 Å². The monoisotopic (exact) mass is 218 g/mol. The molecule has 2 aromatic heterocycles. The Labute approximate surface area is 93.3 Å². The average Bonchev–Trinajstić information content (AvgIpc) is 2.96. The smallest absolute Gasteiger partial charge is 0.131 e. The van der Waals surface area contributed by atoms with E-state index < -0.39 is 0 Å². The highest BCUT2D eigenvalue weighted by Crippen LogP contribution is 2.18. The van der Waals surface area contributed by atoms with Crippen molar-refractivity contribution < 1.29 is 0 Å². The van der Waals surface area contributed by atoms with Gasteiger partial charge in [-0.05, 0) is 19.0 Å². The van der Waals surface area contributed by atoms with Crippen LogP contribution in [-0.4, -0.2) is 37.9 Å². The van der Waals surface area contributed by atoms with Crippen molar-refractivity contribution in [3.63, 3.8) is 0 Å². The summed E-state index contributed by atoms with van der Waals surface area (Å²) < 4.78 is 3.75. The van der Waals surface area contributed by atoms with Gasteiger partial charge >= 0.3 is 0 Å². The number of rotatable bonds is 2. The second-order valence-electron chi connectivity index (χ2n) is 4.07. The van der Waals surface area contributed by atoms with E-state index in [1.54, 1.807) is 10.9 Å². The molecule has 0 amide bonds. The summed E-state index contributed by atoms with van der Waals surface area (Å²) in [6, 6.07) is 2.39. The minimum absolute atomic E-state index is 0.439. The van der Waals surface area contributed by atoms with Crippen LogP contribution in [0.5, 0.6) is 0 Å². The molecule has 16 heavy (non-hydrogen) atoms. The molecule has 2 aromatic rings. The third-order valence-electron chi connectivity index (χ3n) is 3.00. The molecule has 0 saturated carbocycles. The minimum Gasteiger partial charge on any atom is -0.315 e. The van der Waals surface area contributed by atoms with Crippen molar-refractivity contribution in [2.75, 3.05) is 13.1 Å². The molecule has 0 aliphatic carbocycles. The molecule has 3 heterocycles. The first-order valence-electron chi connectivity index (χ1n) is 5.45. The summed E-state index contributed by atoms with van der Waals surface area (Å²) in [5.41, 5.74) is 1.88. The lowest BCUT2D eigenvalue weighted by atomic mass is 10.2. The number of hydrogen-bond donors (Lipinski definition) is 1. The molecule has 0 bridgehead atoms. The zero-order valence-electron chi connectivity index (χ0n) is 9.17. The van der Waals surface area contributed by atoms with Gasteiger partial charge in [0.25, 0.3) is 0 Å². The first kappa shape index (κ1) is 9.53. The van der Waals surface area contributed by atoms with E-state index in [4.69, 9.17) is 0 Å². The molecule has 6 nitrogen and oxygen atoms in total. The maximum atomic E-state index is 4.19. The van der Waals surface area contributed by atoms with Crippen LogP contribution in [0.15, 0.2) is 18.5 Å². The molecule has 0 radical (unpaired) electrons. The van der Waals surface area contributed by atoms with Crippen LogP contribution >= 0.6 is 0 Å². The Morgan fingerprint density at radius 3 is 3.12 bits per heavy atom. The van der Waals surface area contributed by atoms with E-state index in [1.807, 2.05) is 24.0 Å². The van der Waals surface area contributed by atoms with E-state index in [2.05, 4.69) is 20.7 Å². The predicted octanol–water partition coefficient (Wildman–Crippen LogP) is 0.213. The van der Waals surface area contributed by atoms with Gasteiger partial charge in [0.05, 0.1) is 17.9 Å². The zero-order valence-corrected chi connectivity index (χ0v) is 9.17. The highest BCUT2D eigenvalue weighted by atomic mass is 15.4. The van der Waals surface area contributed by atoms with Crippen LogP contribution in [0.25, 0.3) is 11.4 Å². The molecule has 1 aliphatic heterocycles. The van der Waals surface area contributed by atoms with E-state index in [0.29, 0.717) is 6.04 Å². The first-order chi connectivity index (χ1) is 7.84. The number of aromatic nitrogens is 5. The van der Waals surface area contributed by atoms with Gasteiger partial charge < -0.3 is 5.32 Å². The number of nitrogens with one attached hydrogen (secondary N) is 1. The van der Waals surface area contributed by atoms with Crippen LogP contribution in [0.1, 0.15) is 12.5 Å². The van der Waals surface area contributed by atoms with E-state index in [9.17, 15) is 0 Å². The molecule has 1 unspecified atom stereocenters. The Kier molecular flexibility index (Phi) is 2.21. The quantitative estimate of drug-likeness (QED) is 0.783. The van der Waals surface area contributed by atoms with Crippen molar-refractivity contribution in [3.8, 4) is 11.4 Å². The van der Waals surface area contributed by atoms with Crippen molar-refractivity contribution >= 4 is 0 Å². The van der Waals surface area contributed by atoms with Gasteiger partial charge in [-0.15, -0.1) is 5.10 Å². The molecular formula is C10H14N6. The van der Waals surface area contributed by atoms with E-state index >= 15 is 0 Å². The van der Waals surface area contributed by atoms with Gasteiger partial charge in [0.1, 0.15) is 5.69 Å². The SMILES string of the molecule is Cn1nccc1-c1cn(C2CCNC2)nn1. The normalized spacial score (nSPS) is 20.4. The molecule has 1 aliphatic rings. The maximum Gasteiger partial charge on any atom is 0.131 e. The Bertz CT molecular complexity index is 479. The Morgan fingerprint density at radius 1 is 1.50 bits per heavy atom. The fourth-order valence-electron chi connectivity index (χ4n) is 2.06. The lowest BCUT2D eigenvalue weighted by Gasteiger charge is -2.06. The molecule has 1 N–H and O–H groups in total. The fourth-order valence-corrected chi connectivity index (χ4v) is 2.06. The third-order valence-corrected chi connectivity index (χ3v) is 3.00. The minimum atomic E-state index is 0.439. The van der Waals surface area contributed by atoms with Gasteiger partial charge in [-0.2, -0.15) is 5.10 Å². The molecular weight excluding hydrogens is 204 g/mol. The van der Waals surface area contributed by atoms with Crippen LogP contribution in [0.3, 0.4) is 0 Å². The van der Waals surface area contributed by atoms with Gasteiger partial charge in [-0.3, -0.25) is 4.68 Å². The van der Waals surface area contributed by atoms with E-state index in [1.165, 1.54) is 0 Å². The first-order valence-corrected chi connectivity index (χ1v) is 5.45. The van der Waals surface area contributed by atoms with Crippen molar-refractivity contribution in [1.29, 1.82) is 0 Å². The van der Waals surface area contributed by atoms with Crippen molar-refractivity contribution in [2.45, 2.75) is 12.5 Å². The molecule has 1 atom stereocenters. The predicted molar refractivity (Wildman–Crippen MR) is 58.7 cm³/mol. The summed E-state index contributed by atoms with van der Waals surface area (Å²) >= 11 is 0. The molecule has 1 fully saturated rings. The van der Waals surface area contributed by atoms with Gasteiger partial charge in [0.2, 0.25) is 0 Å². The van der Waals surface area contributed by atoms with Gasteiger partial charge in [0, 0.05) is 19.8 Å². The molecule has 6 heteroatoms. The Morgan fingerprint density at radius 2 is 2.44 bits per heavy atom. The highest BCUT2D eigenvalue weighted by molar-refractivity contribution is 5.51. The van der Waals surface area contributed by atoms with Crippen LogP contribution in [0.4, 0.5) is 0 Å². The topological polar surface area (TPSA) is 60.6 Å². The van der Waals surface area contributed by atoms with Crippen molar-refractivity contribution in [3.05, 3.63) is 18.5 Å². The molecule has 0 spiro atoms. The Hall–Kier alpha value is -1.69. The average molecular weight is 218 g/mol. The fraction of sp³-hybridized carbons (Fsp3) is 0.500. The molecule has 1 saturated heterocycles. The van der Waals surface area contributed by atoms with Crippen LogP contribution in [0, 0.1) is 0 Å². The van der Waals surface area contributed by atoms with Crippen LogP contribution in [-0.2, 0) is 7.05 Å². The maximum absolute atomic E-state index is 4.19. The summed E-state index contributed by atoms with van der Waals surface area (Å²) in [5.74, 6) is 0. The Balaban J connectivity index is 1.90. The lowest BCUT2D eigenvalue weighted by molar-refractivity contribution is 0.476. The van der Waals surface area contributed by atoms with Gasteiger partial charge in [0.15, 0.2) is 0 Å². The second-order valence-corrected chi connectivity index (χ2v) is 4.07. The van der Waals surface area contributed by atoms with E-state index in [-0.39, 0.29) is 0 Å². The van der Waals surface area contributed by atoms with Crippen LogP contribution < -0.4 is 5.32 Å². The van der Waals surface area contributed by atoms with Gasteiger partial charge in [-0.25, -0.2) is 4.68 Å². The summed E-state index contributed by atoms with van der Waals surface area (Å²) in [6.45, 7) is 2.04. The largest absolute Gasteiger partial charge is 0.315 e. The molecule has 0 aromatic carbocycles. The number of nitrogens with zero attached hydrogens (tertiary/aromatic N) is 5. The highest BCUT2D eigenvalue weighted by Gasteiger charge is 2.18. The lowest BCUT2D eigenvalue weighted by Crippen LogP contribution is -2.13. The third kappa shape index (κ3) is 1.51. The standard InChI is InChI=1S/C10H14N6/c1-15-10(3-5-12-15)9-7-16(14-13-9)8-2-4-11-6-8/h3,5,7-8,11H,2,4,6H2,1H3. The summed E-state index contributed by atoms with van der Waals surface area (Å²) in [4.78, 5) is 0. The van der Waals surface area contributed by atoms with E-state index in [0.717, 1.165) is 30.9 Å². The van der Waals surface area contributed by atoms with Crippen molar-refractivity contribution in [1.82, 2.24) is 30.1 Å². The number of aryl methyl sites for hydroxylation is 1. The van der Waals surface area contributed by atoms with Crippen molar-refractivity contribution in [2.24, 2.45) is 7.05 Å². The second kappa shape index (κ2) is 3.71. The summed E-state index contributed by atoms with van der Waals surface area (Å²) in [5, 5.41) is 15.8. The summed E-state index contributed by atoms with van der Waals surface area (Å²) in [6.07, 6.45) is 4.88. The molecule has 3 rings (SSSR count). The summed E-state index contributed by atoms with van der Waals surface area (Å²) in [7, 11) is 1.91. The number of hydrogen-bond acceptors (Lipinski definition) is 4.